The smallest absolute Gasteiger partial charge is 0.340 e. The van der Waals surface area contributed by atoms with Gasteiger partial charge < -0.3 is 19.8 Å². The van der Waals surface area contributed by atoms with Gasteiger partial charge in [-0.3, -0.25) is 4.79 Å². The molecule has 1 aromatic heterocycles. The summed E-state index contributed by atoms with van der Waals surface area (Å²) >= 11 is 0. The van der Waals surface area contributed by atoms with Crippen LogP contribution in [0.4, 0.5) is 0 Å². The van der Waals surface area contributed by atoms with Crippen molar-refractivity contribution in [3.05, 3.63) is 58.4 Å². The zero-order chi connectivity index (χ0) is 20.0. The van der Waals surface area contributed by atoms with E-state index in [1.54, 1.807) is 0 Å². The molecule has 0 saturated heterocycles. The van der Waals surface area contributed by atoms with E-state index in [9.17, 15) is 14.4 Å². The Kier molecular flexibility index (Phi) is 6.76. The van der Waals surface area contributed by atoms with E-state index in [2.05, 4.69) is 0 Å². The van der Waals surface area contributed by atoms with Gasteiger partial charge in [-0.05, 0) is 18.4 Å². The van der Waals surface area contributed by atoms with Gasteiger partial charge in [-0.2, -0.15) is 0 Å². The van der Waals surface area contributed by atoms with Gasteiger partial charge >= 0.3 is 11.9 Å². The molecule has 2 N–H and O–H groups in total. The molecule has 0 radical (unpaired) electrons. The Bertz CT molecular complexity index is 840. The minimum absolute atomic E-state index is 0.0482. The summed E-state index contributed by atoms with van der Waals surface area (Å²) in [4.78, 5) is 36.3. The largest absolute Gasteiger partial charge is 0.465 e. The van der Waals surface area contributed by atoms with Crippen molar-refractivity contribution in [1.82, 2.24) is 4.57 Å². The summed E-state index contributed by atoms with van der Waals surface area (Å²) < 4.78 is 11.7. The molecule has 0 fully saturated rings. The number of methoxy groups -OCH3 is 2. The fourth-order valence-electron chi connectivity index (χ4n) is 3.19. The first-order valence-electron chi connectivity index (χ1n) is 8.67. The number of hydrogen-bond acceptors (Lipinski definition) is 5. The van der Waals surface area contributed by atoms with Crippen molar-refractivity contribution >= 4 is 17.8 Å². The number of esters is 2. The standard InChI is InChI=1S/C20H24N2O5/c1-4-14-17(19(24)26-2)18(20(25)27-3)15(10-11-16(21)23)22(14)12-13-8-6-5-7-9-13/h5-9H,4,10-12H2,1-3H3,(H2,21,23). The highest BCUT2D eigenvalue weighted by molar-refractivity contribution is 6.05. The number of carbonyl (C=O) groups is 3. The van der Waals surface area contributed by atoms with Crippen molar-refractivity contribution < 1.29 is 23.9 Å². The molecule has 2 aromatic rings. The summed E-state index contributed by atoms with van der Waals surface area (Å²) in [6.45, 7) is 2.33. The van der Waals surface area contributed by atoms with Crippen LogP contribution in [-0.2, 0) is 33.7 Å². The Morgan fingerprint density at radius 3 is 2.00 bits per heavy atom. The third kappa shape index (κ3) is 4.36. The molecule has 2 rings (SSSR count). The highest BCUT2D eigenvalue weighted by Gasteiger charge is 2.31. The number of aromatic nitrogens is 1. The van der Waals surface area contributed by atoms with Crippen LogP contribution in [0.2, 0.25) is 0 Å². The van der Waals surface area contributed by atoms with Crippen LogP contribution in [0.25, 0.3) is 0 Å². The lowest BCUT2D eigenvalue weighted by atomic mass is 10.0. The van der Waals surface area contributed by atoms with Crippen LogP contribution < -0.4 is 5.73 Å². The number of ether oxygens (including phenoxy) is 2. The highest BCUT2D eigenvalue weighted by atomic mass is 16.5. The van der Waals surface area contributed by atoms with Crippen molar-refractivity contribution in [2.24, 2.45) is 5.73 Å². The summed E-state index contributed by atoms with van der Waals surface area (Å²) in [5, 5.41) is 0. The molecule has 0 spiro atoms. The number of primary amides is 1. The second-order valence-corrected chi connectivity index (χ2v) is 6.02. The van der Waals surface area contributed by atoms with Gasteiger partial charge in [-0.15, -0.1) is 0 Å². The van der Waals surface area contributed by atoms with E-state index in [4.69, 9.17) is 15.2 Å². The minimum Gasteiger partial charge on any atom is -0.465 e. The zero-order valence-corrected chi connectivity index (χ0v) is 15.8. The molecule has 27 heavy (non-hydrogen) atoms. The van der Waals surface area contributed by atoms with E-state index in [-0.39, 0.29) is 24.0 Å². The molecule has 0 saturated carbocycles. The van der Waals surface area contributed by atoms with Gasteiger partial charge in [0, 0.05) is 24.4 Å². The van der Waals surface area contributed by atoms with Gasteiger partial charge in [-0.25, -0.2) is 9.59 Å². The molecule has 7 nitrogen and oxygen atoms in total. The quantitative estimate of drug-likeness (QED) is 0.715. The van der Waals surface area contributed by atoms with Crippen LogP contribution in [0, 0.1) is 0 Å². The maximum atomic E-state index is 12.5. The monoisotopic (exact) mass is 372 g/mol. The number of benzene rings is 1. The lowest BCUT2D eigenvalue weighted by Gasteiger charge is -2.13. The van der Waals surface area contributed by atoms with Crippen molar-refractivity contribution in [1.29, 1.82) is 0 Å². The molecule has 1 amide bonds. The normalized spacial score (nSPS) is 10.5. The Morgan fingerprint density at radius 2 is 1.52 bits per heavy atom. The summed E-state index contributed by atoms with van der Waals surface area (Å²) in [5.41, 5.74) is 7.83. The lowest BCUT2D eigenvalue weighted by molar-refractivity contribution is -0.118. The van der Waals surface area contributed by atoms with Crippen LogP contribution in [-0.4, -0.2) is 36.6 Å². The second kappa shape index (κ2) is 9.02. The van der Waals surface area contributed by atoms with Gasteiger partial charge in [0.1, 0.15) is 0 Å². The SMILES string of the molecule is CCc1c(C(=O)OC)c(C(=O)OC)c(CCC(N)=O)n1Cc1ccccc1. The molecule has 0 unspecified atom stereocenters. The van der Waals surface area contributed by atoms with Crippen LogP contribution in [0.15, 0.2) is 30.3 Å². The summed E-state index contributed by atoms with van der Waals surface area (Å²) in [6, 6.07) is 9.64. The molecule has 144 valence electrons. The third-order valence-electron chi connectivity index (χ3n) is 4.38. The predicted octanol–water partition coefficient (Wildman–Crippen LogP) is 2.09. The van der Waals surface area contributed by atoms with Gasteiger partial charge in [-0.1, -0.05) is 37.3 Å². The topological polar surface area (TPSA) is 101 Å². The molecule has 1 heterocycles. The summed E-state index contributed by atoms with van der Waals surface area (Å²) in [5.74, 6) is -1.74. The fraction of sp³-hybridized carbons (Fsp3) is 0.350. The highest BCUT2D eigenvalue weighted by Crippen LogP contribution is 2.28. The molecule has 1 aromatic carbocycles. The van der Waals surface area contributed by atoms with Crippen molar-refractivity contribution in [3.63, 3.8) is 0 Å². The molecule has 0 aliphatic carbocycles. The van der Waals surface area contributed by atoms with Crippen molar-refractivity contribution in [2.75, 3.05) is 14.2 Å². The van der Waals surface area contributed by atoms with Crippen LogP contribution >= 0.6 is 0 Å². The van der Waals surface area contributed by atoms with Gasteiger partial charge in [0.2, 0.25) is 5.91 Å². The Labute approximate surface area is 158 Å². The van der Waals surface area contributed by atoms with Gasteiger partial charge in [0.25, 0.3) is 0 Å². The zero-order valence-electron chi connectivity index (χ0n) is 15.8. The lowest BCUT2D eigenvalue weighted by Crippen LogP contribution is -2.16. The first-order valence-corrected chi connectivity index (χ1v) is 8.67. The fourth-order valence-corrected chi connectivity index (χ4v) is 3.19. The number of rotatable bonds is 8. The first kappa shape index (κ1) is 20.2. The third-order valence-corrected chi connectivity index (χ3v) is 4.38. The Hall–Kier alpha value is -3.09. The van der Waals surface area contributed by atoms with Gasteiger partial charge in [0.05, 0.1) is 25.3 Å². The van der Waals surface area contributed by atoms with Crippen molar-refractivity contribution in [2.45, 2.75) is 32.7 Å². The molecule has 0 atom stereocenters. The maximum Gasteiger partial charge on any atom is 0.340 e. The second-order valence-electron chi connectivity index (χ2n) is 6.02. The molecule has 0 bridgehead atoms. The van der Waals surface area contributed by atoms with Crippen LogP contribution in [0.3, 0.4) is 0 Å². The van der Waals surface area contributed by atoms with Crippen LogP contribution in [0.5, 0.6) is 0 Å². The van der Waals surface area contributed by atoms with Crippen LogP contribution in [0.1, 0.15) is 51.0 Å². The van der Waals surface area contributed by atoms with E-state index in [1.165, 1.54) is 14.2 Å². The number of nitrogens with two attached hydrogens (primary N) is 1. The Balaban J connectivity index is 2.73. The number of carbonyl (C=O) groups excluding carboxylic acids is 3. The van der Waals surface area contributed by atoms with E-state index < -0.39 is 17.8 Å². The number of hydrogen-bond donors (Lipinski definition) is 1. The van der Waals surface area contributed by atoms with E-state index >= 15 is 0 Å². The van der Waals surface area contributed by atoms with E-state index in [0.29, 0.717) is 24.4 Å². The average Bonchev–Trinajstić information content (AvgIpc) is 2.98. The number of nitrogens with zero attached hydrogens (tertiary/aromatic N) is 1. The minimum atomic E-state index is -0.642. The van der Waals surface area contributed by atoms with Crippen molar-refractivity contribution in [3.8, 4) is 0 Å². The maximum absolute atomic E-state index is 12.5. The number of amides is 1. The molecule has 0 aliphatic heterocycles. The molecular formula is C20H24N2O5. The molecule has 0 aliphatic rings. The molecule has 7 heteroatoms. The van der Waals surface area contributed by atoms with Gasteiger partial charge in [0.15, 0.2) is 0 Å². The first-order chi connectivity index (χ1) is 12.9. The summed E-state index contributed by atoms with van der Waals surface area (Å²) in [7, 11) is 2.52. The van der Waals surface area contributed by atoms with E-state index in [1.807, 2.05) is 41.8 Å². The molecular weight excluding hydrogens is 348 g/mol. The van der Waals surface area contributed by atoms with E-state index in [0.717, 1.165) is 5.56 Å². The average molecular weight is 372 g/mol. The Morgan fingerprint density at radius 1 is 0.963 bits per heavy atom. The predicted molar refractivity (Wildman–Crippen MR) is 99.5 cm³/mol. The summed E-state index contributed by atoms with van der Waals surface area (Å²) in [6.07, 6.45) is 0.765.